The van der Waals surface area contributed by atoms with Gasteiger partial charge in [-0.25, -0.2) is 0 Å². The second-order valence-corrected chi connectivity index (χ2v) is 4.79. The van der Waals surface area contributed by atoms with Crippen LogP contribution in [0.1, 0.15) is 27.6 Å². The van der Waals surface area contributed by atoms with E-state index in [4.69, 9.17) is 5.11 Å². The molecule has 1 aliphatic rings. The number of carboxylic acids is 1. The summed E-state index contributed by atoms with van der Waals surface area (Å²) in [6.07, 6.45) is 0. The van der Waals surface area contributed by atoms with Crippen LogP contribution in [0.5, 0.6) is 0 Å². The molecule has 1 unspecified atom stereocenters. The zero-order valence-electron chi connectivity index (χ0n) is 11.3. The number of fused-ring (bicyclic) bond motifs is 1. The molecule has 3 amide bonds. The number of imide groups is 1. The molecule has 1 aromatic carbocycles. The summed E-state index contributed by atoms with van der Waals surface area (Å²) in [5.74, 6) is -3.38. The summed E-state index contributed by atoms with van der Waals surface area (Å²) in [6.45, 7) is 0.973. The zero-order chi connectivity index (χ0) is 15.6. The molecule has 0 aromatic heterocycles. The first-order valence-corrected chi connectivity index (χ1v) is 6.36. The Labute approximate surface area is 120 Å². The number of carbonyl (C=O) groups excluding carboxylic acids is 3. The Morgan fingerprint density at radius 2 is 1.71 bits per heavy atom. The molecule has 1 atom stereocenters. The van der Waals surface area contributed by atoms with Crippen LogP contribution in [-0.2, 0) is 9.59 Å². The van der Waals surface area contributed by atoms with E-state index in [2.05, 4.69) is 5.32 Å². The van der Waals surface area contributed by atoms with Gasteiger partial charge in [0.05, 0.1) is 17.0 Å². The number of nitrogens with zero attached hydrogens (tertiary/aromatic N) is 1. The highest BCUT2D eigenvalue weighted by Gasteiger charge is 2.36. The molecule has 0 bridgehead atoms. The SMILES string of the molecule is CC(CNC(=O)CN1C(=O)c2ccccc2C1=O)C(=O)O. The first kappa shape index (κ1) is 14.7. The average molecular weight is 290 g/mol. The molecule has 1 aliphatic heterocycles. The van der Waals surface area contributed by atoms with Crippen molar-refractivity contribution in [2.75, 3.05) is 13.1 Å². The summed E-state index contributed by atoms with van der Waals surface area (Å²) in [6, 6.07) is 6.34. The van der Waals surface area contributed by atoms with Crippen molar-refractivity contribution < 1.29 is 24.3 Å². The van der Waals surface area contributed by atoms with Gasteiger partial charge in [-0.1, -0.05) is 19.1 Å². The van der Waals surface area contributed by atoms with Gasteiger partial charge in [0.1, 0.15) is 6.54 Å². The Balaban J connectivity index is 1.99. The van der Waals surface area contributed by atoms with Gasteiger partial charge in [-0.2, -0.15) is 0 Å². The van der Waals surface area contributed by atoms with Crippen molar-refractivity contribution in [1.82, 2.24) is 10.2 Å². The number of hydrogen-bond donors (Lipinski definition) is 2. The normalized spacial score (nSPS) is 14.8. The van der Waals surface area contributed by atoms with Gasteiger partial charge in [0.2, 0.25) is 5.91 Å². The smallest absolute Gasteiger partial charge is 0.308 e. The third-order valence-corrected chi connectivity index (χ3v) is 3.21. The Morgan fingerprint density at radius 3 is 2.19 bits per heavy atom. The topological polar surface area (TPSA) is 104 Å². The van der Waals surface area contributed by atoms with Crippen LogP contribution in [0.4, 0.5) is 0 Å². The van der Waals surface area contributed by atoms with Crippen molar-refractivity contribution in [3.05, 3.63) is 35.4 Å². The number of aliphatic carboxylic acids is 1. The minimum absolute atomic E-state index is 0.0582. The van der Waals surface area contributed by atoms with Crippen LogP contribution in [0, 0.1) is 5.92 Å². The van der Waals surface area contributed by atoms with Gasteiger partial charge in [-0.3, -0.25) is 24.1 Å². The standard InChI is InChI=1S/C14H14N2O5/c1-8(14(20)21)6-15-11(17)7-16-12(18)9-4-2-3-5-10(9)13(16)19/h2-5,8H,6-7H2,1H3,(H,15,17)(H,20,21). The number of carbonyl (C=O) groups is 4. The van der Waals surface area contributed by atoms with E-state index in [0.29, 0.717) is 0 Å². The van der Waals surface area contributed by atoms with Crippen LogP contribution >= 0.6 is 0 Å². The average Bonchev–Trinajstić information content (AvgIpc) is 2.70. The fraction of sp³-hybridized carbons (Fsp3) is 0.286. The van der Waals surface area contributed by atoms with E-state index < -0.39 is 36.2 Å². The van der Waals surface area contributed by atoms with Crippen molar-refractivity contribution in [2.45, 2.75) is 6.92 Å². The van der Waals surface area contributed by atoms with Crippen molar-refractivity contribution >= 4 is 23.7 Å². The Morgan fingerprint density at radius 1 is 1.19 bits per heavy atom. The van der Waals surface area contributed by atoms with Crippen molar-refractivity contribution in [2.24, 2.45) is 5.92 Å². The number of amides is 3. The Hall–Kier alpha value is -2.70. The summed E-state index contributed by atoms with van der Waals surface area (Å²) >= 11 is 0. The summed E-state index contributed by atoms with van der Waals surface area (Å²) in [7, 11) is 0. The van der Waals surface area contributed by atoms with Crippen molar-refractivity contribution in [3.8, 4) is 0 Å². The quantitative estimate of drug-likeness (QED) is 0.750. The molecule has 1 heterocycles. The van der Waals surface area contributed by atoms with E-state index in [1.165, 1.54) is 19.1 Å². The second kappa shape index (κ2) is 5.74. The summed E-state index contributed by atoms with van der Waals surface area (Å²) in [5, 5.41) is 11.1. The first-order chi connectivity index (χ1) is 9.91. The number of carboxylic acid groups (broad SMARTS) is 1. The van der Waals surface area contributed by atoms with Crippen molar-refractivity contribution in [1.29, 1.82) is 0 Å². The maximum Gasteiger partial charge on any atom is 0.308 e. The van der Waals surface area contributed by atoms with E-state index in [1.807, 2.05) is 0 Å². The lowest BCUT2D eigenvalue weighted by molar-refractivity contribution is -0.141. The molecule has 0 fully saturated rings. The van der Waals surface area contributed by atoms with Crippen LogP contribution in [-0.4, -0.2) is 46.8 Å². The highest BCUT2D eigenvalue weighted by Crippen LogP contribution is 2.21. The molecule has 0 aliphatic carbocycles. The fourth-order valence-electron chi connectivity index (χ4n) is 1.94. The third-order valence-electron chi connectivity index (χ3n) is 3.21. The van der Waals surface area contributed by atoms with Gasteiger partial charge in [0.25, 0.3) is 11.8 Å². The van der Waals surface area contributed by atoms with Crippen LogP contribution in [0.25, 0.3) is 0 Å². The molecule has 0 radical (unpaired) electrons. The molecule has 110 valence electrons. The maximum absolute atomic E-state index is 12.0. The monoisotopic (exact) mass is 290 g/mol. The fourth-order valence-corrected chi connectivity index (χ4v) is 1.94. The molecule has 2 rings (SSSR count). The van der Waals surface area contributed by atoms with Crippen LogP contribution in [0.2, 0.25) is 0 Å². The lowest BCUT2D eigenvalue weighted by Gasteiger charge is -2.14. The predicted molar refractivity (Wildman–Crippen MR) is 71.6 cm³/mol. The molecule has 0 saturated carbocycles. The first-order valence-electron chi connectivity index (χ1n) is 6.36. The van der Waals surface area contributed by atoms with Crippen LogP contribution < -0.4 is 5.32 Å². The lowest BCUT2D eigenvalue weighted by atomic mass is 10.1. The summed E-state index contributed by atoms with van der Waals surface area (Å²) in [4.78, 5) is 47.2. The zero-order valence-corrected chi connectivity index (χ0v) is 11.3. The second-order valence-electron chi connectivity index (χ2n) is 4.79. The van der Waals surface area contributed by atoms with Crippen LogP contribution in [0.3, 0.4) is 0 Å². The third kappa shape index (κ3) is 2.91. The molecule has 2 N–H and O–H groups in total. The van der Waals surface area contributed by atoms with Crippen molar-refractivity contribution in [3.63, 3.8) is 0 Å². The molecule has 0 saturated heterocycles. The highest BCUT2D eigenvalue weighted by atomic mass is 16.4. The number of benzene rings is 1. The molecular weight excluding hydrogens is 276 g/mol. The van der Waals surface area contributed by atoms with E-state index in [0.717, 1.165) is 4.90 Å². The minimum Gasteiger partial charge on any atom is -0.481 e. The lowest BCUT2D eigenvalue weighted by Crippen LogP contribution is -2.42. The molecule has 7 nitrogen and oxygen atoms in total. The number of rotatable bonds is 5. The van der Waals surface area contributed by atoms with E-state index >= 15 is 0 Å². The Bertz CT molecular complexity index is 591. The van der Waals surface area contributed by atoms with Gasteiger partial charge in [0.15, 0.2) is 0 Å². The van der Waals surface area contributed by atoms with Crippen LogP contribution in [0.15, 0.2) is 24.3 Å². The van der Waals surface area contributed by atoms with Gasteiger partial charge >= 0.3 is 5.97 Å². The van der Waals surface area contributed by atoms with Gasteiger partial charge in [-0.05, 0) is 12.1 Å². The van der Waals surface area contributed by atoms with Gasteiger partial charge in [0, 0.05) is 6.54 Å². The maximum atomic E-state index is 12.0. The molecule has 0 spiro atoms. The number of hydrogen-bond acceptors (Lipinski definition) is 4. The van der Waals surface area contributed by atoms with Gasteiger partial charge < -0.3 is 10.4 Å². The Kier molecular flexibility index (Phi) is 4.02. The minimum atomic E-state index is -1.03. The molecule has 7 heteroatoms. The number of nitrogens with one attached hydrogen (secondary N) is 1. The highest BCUT2D eigenvalue weighted by molar-refractivity contribution is 6.22. The van der Waals surface area contributed by atoms with E-state index in [1.54, 1.807) is 12.1 Å². The van der Waals surface area contributed by atoms with E-state index in [-0.39, 0.29) is 17.7 Å². The summed E-state index contributed by atoms with van der Waals surface area (Å²) < 4.78 is 0. The predicted octanol–water partition coefficient (Wildman–Crippen LogP) is 0.119. The van der Waals surface area contributed by atoms with E-state index in [9.17, 15) is 19.2 Å². The van der Waals surface area contributed by atoms with Gasteiger partial charge in [-0.15, -0.1) is 0 Å². The molecular formula is C14H14N2O5. The largest absolute Gasteiger partial charge is 0.481 e. The molecule has 1 aromatic rings. The molecule has 21 heavy (non-hydrogen) atoms. The summed E-state index contributed by atoms with van der Waals surface area (Å²) in [5.41, 5.74) is 0.545.